The highest BCUT2D eigenvalue weighted by molar-refractivity contribution is 7.89. The maximum atomic E-state index is 12.6. The van der Waals surface area contributed by atoms with E-state index in [-0.39, 0.29) is 28.4 Å². The molecule has 1 heterocycles. The summed E-state index contributed by atoms with van der Waals surface area (Å²) in [6, 6.07) is 4.37. The average molecular weight is 404 g/mol. The van der Waals surface area contributed by atoms with Crippen LogP contribution in [0.5, 0.6) is 0 Å². The lowest BCUT2D eigenvalue weighted by atomic mass is 10.1. The lowest BCUT2D eigenvalue weighted by molar-refractivity contribution is 0.0209. The number of rotatable bonds is 6. The molecule has 0 aromatic heterocycles. The third kappa shape index (κ3) is 5.46. The molecular weight excluding hydrogens is 383 g/mol. The van der Waals surface area contributed by atoms with E-state index in [1.807, 2.05) is 0 Å². The predicted octanol–water partition coefficient (Wildman–Crippen LogP) is 2.93. The van der Waals surface area contributed by atoms with Crippen LogP contribution in [-0.2, 0) is 14.8 Å². The fourth-order valence-corrected chi connectivity index (χ4v) is 4.22. The maximum absolute atomic E-state index is 12.6. The summed E-state index contributed by atoms with van der Waals surface area (Å²) >= 11 is 11.7. The van der Waals surface area contributed by atoms with Gasteiger partial charge in [0.25, 0.3) is 0 Å². The van der Waals surface area contributed by atoms with E-state index in [9.17, 15) is 8.42 Å². The molecule has 2 rings (SSSR count). The molecule has 1 aliphatic rings. The van der Waals surface area contributed by atoms with Gasteiger partial charge in [0.1, 0.15) is 0 Å². The van der Waals surface area contributed by atoms with Crippen LogP contribution in [0.25, 0.3) is 0 Å². The minimum absolute atomic E-state index is 0. The van der Waals surface area contributed by atoms with Crippen molar-refractivity contribution in [3.05, 3.63) is 28.2 Å². The topological polar surface area (TPSA) is 72.6 Å². The molecule has 1 aliphatic heterocycles. The summed E-state index contributed by atoms with van der Waals surface area (Å²) in [7, 11) is -3.54. The van der Waals surface area contributed by atoms with Gasteiger partial charge in [-0.05, 0) is 44.0 Å². The number of nitrogens with zero attached hydrogens (tertiary/aromatic N) is 1. The van der Waals surface area contributed by atoms with Crippen LogP contribution in [0.15, 0.2) is 23.1 Å². The van der Waals surface area contributed by atoms with Gasteiger partial charge in [0.15, 0.2) is 0 Å². The van der Waals surface area contributed by atoms with Crippen molar-refractivity contribution in [3.63, 3.8) is 0 Å². The molecule has 1 saturated heterocycles. The number of hydrogen-bond donors (Lipinski definition) is 1. The van der Waals surface area contributed by atoms with Gasteiger partial charge in [-0.3, -0.25) is 0 Å². The van der Waals surface area contributed by atoms with E-state index >= 15 is 0 Å². The number of nitrogens with two attached hydrogens (primary N) is 1. The SMILES string of the molecule is Cl.NCCCOC1CCN(S(=O)(=O)c2ccc(Cl)c(Cl)c2)CC1. The molecule has 0 unspecified atom stereocenters. The van der Waals surface area contributed by atoms with E-state index < -0.39 is 10.0 Å². The second kappa shape index (κ2) is 9.42. The predicted molar refractivity (Wildman–Crippen MR) is 95.1 cm³/mol. The van der Waals surface area contributed by atoms with Crippen LogP contribution in [0.3, 0.4) is 0 Å². The fraction of sp³-hybridized carbons (Fsp3) is 0.571. The van der Waals surface area contributed by atoms with Gasteiger partial charge in [0.2, 0.25) is 10.0 Å². The largest absolute Gasteiger partial charge is 0.378 e. The van der Waals surface area contributed by atoms with Crippen LogP contribution in [0.1, 0.15) is 19.3 Å². The Hall–Kier alpha value is -0.0800. The normalized spacial score (nSPS) is 17.0. The van der Waals surface area contributed by atoms with Crippen LogP contribution in [0.2, 0.25) is 10.0 Å². The van der Waals surface area contributed by atoms with Crippen molar-refractivity contribution in [2.75, 3.05) is 26.2 Å². The Bertz CT molecular complexity index is 605. The summed E-state index contributed by atoms with van der Waals surface area (Å²) in [6.07, 6.45) is 2.30. The number of ether oxygens (including phenoxy) is 1. The van der Waals surface area contributed by atoms with Crippen LogP contribution < -0.4 is 5.73 Å². The first kappa shape index (κ1) is 21.0. The summed E-state index contributed by atoms with van der Waals surface area (Å²) in [5.41, 5.74) is 5.42. The van der Waals surface area contributed by atoms with Crippen molar-refractivity contribution in [1.82, 2.24) is 4.31 Å². The first-order valence-corrected chi connectivity index (χ1v) is 9.41. The van der Waals surface area contributed by atoms with Gasteiger partial charge in [0.05, 0.1) is 21.0 Å². The molecule has 23 heavy (non-hydrogen) atoms. The molecule has 0 amide bonds. The van der Waals surface area contributed by atoms with Gasteiger partial charge >= 0.3 is 0 Å². The Morgan fingerprint density at radius 3 is 2.43 bits per heavy atom. The minimum Gasteiger partial charge on any atom is -0.378 e. The highest BCUT2D eigenvalue weighted by Crippen LogP contribution is 2.28. The summed E-state index contributed by atoms with van der Waals surface area (Å²) in [5.74, 6) is 0. The number of sulfonamides is 1. The third-order valence-electron chi connectivity index (χ3n) is 3.63. The zero-order valence-electron chi connectivity index (χ0n) is 12.6. The van der Waals surface area contributed by atoms with E-state index in [0.717, 1.165) is 6.42 Å². The summed E-state index contributed by atoms with van der Waals surface area (Å²) in [5, 5.41) is 0.579. The molecule has 1 fully saturated rings. The van der Waals surface area contributed by atoms with E-state index in [1.165, 1.54) is 22.5 Å². The van der Waals surface area contributed by atoms with E-state index in [4.69, 9.17) is 33.7 Å². The monoisotopic (exact) mass is 402 g/mol. The van der Waals surface area contributed by atoms with E-state index in [1.54, 1.807) is 0 Å². The van der Waals surface area contributed by atoms with Crippen molar-refractivity contribution < 1.29 is 13.2 Å². The highest BCUT2D eigenvalue weighted by atomic mass is 35.5. The first-order chi connectivity index (χ1) is 10.4. The Morgan fingerprint density at radius 1 is 1.22 bits per heavy atom. The van der Waals surface area contributed by atoms with Crippen molar-refractivity contribution in [2.45, 2.75) is 30.3 Å². The van der Waals surface area contributed by atoms with Gasteiger partial charge in [0, 0.05) is 19.7 Å². The Kier molecular flexibility index (Phi) is 8.58. The molecule has 1 aromatic rings. The molecule has 2 N–H and O–H groups in total. The molecule has 0 spiro atoms. The third-order valence-corrected chi connectivity index (χ3v) is 6.27. The number of benzene rings is 1. The van der Waals surface area contributed by atoms with Gasteiger partial charge in [-0.15, -0.1) is 12.4 Å². The molecule has 5 nitrogen and oxygen atoms in total. The molecule has 0 radical (unpaired) electrons. The lowest BCUT2D eigenvalue weighted by Crippen LogP contribution is -2.41. The Morgan fingerprint density at radius 2 is 1.87 bits per heavy atom. The van der Waals surface area contributed by atoms with Gasteiger partial charge in [-0.25, -0.2) is 8.42 Å². The van der Waals surface area contributed by atoms with Crippen molar-refractivity contribution >= 4 is 45.6 Å². The van der Waals surface area contributed by atoms with Crippen molar-refractivity contribution in [3.8, 4) is 0 Å². The molecule has 9 heteroatoms. The molecule has 0 aliphatic carbocycles. The zero-order valence-corrected chi connectivity index (χ0v) is 15.7. The van der Waals surface area contributed by atoms with Crippen LogP contribution in [-0.4, -0.2) is 45.1 Å². The van der Waals surface area contributed by atoms with Crippen LogP contribution >= 0.6 is 35.6 Å². The fourth-order valence-electron chi connectivity index (χ4n) is 2.36. The molecule has 0 atom stereocenters. The van der Waals surface area contributed by atoms with Crippen molar-refractivity contribution in [2.24, 2.45) is 5.73 Å². The molecule has 132 valence electrons. The Labute approximate surface area is 153 Å². The second-order valence-corrected chi connectivity index (χ2v) is 7.94. The summed E-state index contributed by atoms with van der Waals surface area (Å²) < 4.78 is 32.3. The van der Waals surface area contributed by atoms with E-state index in [0.29, 0.717) is 44.1 Å². The standard InChI is InChI=1S/C14H20Cl2N2O3S.ClH/c15-13-3-2-12(10-14(13)16)22(19,20)18-7-4-11(5-8-18)21-9-1-6-17;/h2-3,10-11H,1,4-9,17H2;1H. The lowest BCUT2D eigenvalue weighted by Gasteiger charge is -2.31. The summed E-state index contributed by atoms with van der Waals surface area (Å²) in [6.45, 7) is 2.11. The maximum Gasteiger partial charge on any atom is 0.243 e. The molecule has 1 aromatic carbocycles. The van der Waals surface area contributed by atoms with Crippen molar-refractivity contribution in [1.29, 1.82) is 0 Å². The number of halogens is 3. The van der Waals surface area contributed by atoms with Gasteiger partial charge in [-0.2, -0.15) is 4.31 Å². The summed E-state index contributed by atoms with van der Waals surface area (Å²) in [4.78, 5) is 0.171. The molecular formula is C14H21Cl3N2O3S. The number of piperidine rings is 1. The quantitative estimate of drug-likeness (QED) is 0.741. The zero-order chi connectivity index (χ0) is 16.2. The van der Waals surface area contributed by atoms with Crippen LogP contribution in [0.4, 0.5) is 0 Å². The Balaban J connectivity index is 0.00000264. The first-order valence-electron chi connectivity index (χ1n) is 7.22. The smallest absolute Gasteiger partial charge is 0.243 e. The van der Waals surface area contributed by atoms with Gasteiger partial charge < -0.3 is 10.5 Å². The minimum atomic E-state index is -3.54. The van der Waals surface area contributed by atoms with Crippen LogP contribution in [0, 0.1) is 0 Å². The second-order valence-electron chi connectivity index (χ2n) is 5.19. The van der Waals surface area contributed by atoms with Gasteiger partial charge in [-0.1, -0.05) is 23.2 Å². The average Bonchev–Trinajstić information content (AvgIpc) is 2.51. The molecule has 0 bridgehead atoms. The molecule has 0 saturated carbocycles. The highest BCUT2D eigenvalue weighted by Gasteiger charge is 2.29. The van der Waals surface area contributed by atoms with E-state index in [2.05, 4.69) is 0 Å². The number of hydrogen-bond acceptors (Lipinski definition) is 4.